The van der Waals surface area contributed by atoms with Gasteiger partial charge in [-0.05, 0) is 37.9 Å². The van der Waals surface area contributed by atoms with E-state index in [1.54, 1.807) is 0 Å². The number of hydrogen-bond acceptors (Lipinski definition) is 2. The van der Waals surface area contributed by atoms with Crippen molar-refractivity contribution in [2.24, 2.45) is 5.92 Å². The summed E-state index contributed by atoms with van der Waals surface area (Å²) in [5, 5.41) is 3.61. The summed E-state index contributed by atoms with van der Waals surface area (Å²) in [6.07, 6.45) is 2.56. The summed E-state index contributed by atoms with van der Waals surface area (Å²) < 4.78 is 0. The smallest absolute Gasteiger partial charge is 0.0164 e. The van der Waals surface area contributed by atoms with Crippen molar-refractivity contribution in [3.63, 3.8) is 0 Å². The second kappa shape index (κ2) is 8.60. The molecular weight excluding hydrogens is 238 g/mol. The van der Waals surface area contributed by atoms with E-state index in [1.807, 2.05) is 11.8 Å². The maximum absolute atomic E-state index is 3.61. The van der Waals surface area contributed by atoms with Crippen LogP contribution in [0.5, 0.6) is 0 Å². The summed E-state index contributed by atoms with van der Waals surface area (Å²) in [6, 6.07) is 9.48. The van der Waals surface area contributed by atoms with Crippen LogP contribution in [0, 0.1) is 12.8 Å². The minimum atomic E-state index is 0.635. The molecule has 0 bridgehead atoms. The molecule has 0 saturated carbocycles. The van der Waals surface area contributed by atoms with E-state index < -0.39 is 0 Å². The fourth-order valence-corrected chi connectivity index (χ4v) is 2.96. The van der Waals surface area contributed by atoms with Crippen molar-refractivity contribution in [3.8, 4) is 0 Å². The zero-order valence-corrected chi connectivity index (χ0v) is 13.0. The Morgan fingerprint density at radius 2 is 1.83 bits per heavy atom. The Morgan fingerprint density at radius 1 is 1.17 bits per heavy atom. The van der Waals surface area contributed by atoms with Gasteiger partial charge >= 0.3 is 0 Å². The minimum absolute atomic E-state index is 0.635. The predicted octanol–water partition coefficient (Wildman–Crippen LogP) is 4.50. The first kappa shape index (κ1) is 15.6. The molecule has 102 valence electrons. The standard InChI is InChI=1S/C16H27NS/c1-5-13(3)11-15(17-6-2)12-18-16-9-7-14(4)8-10-16/h7-10,13,15,17H,5-6,11-12H2,1-4H3. The van der Waals surface area contributed by atoms with E-state index in [4.69, 9.17) is 0 Å². The molecule has 0 saturated heterocycles. The van der Waals surface area contributed by atoms with Gasteiger partial charge in [0.1, 0.15) is 0 Å². The first-order chi connectivity index (χ1) is 8.65. The first-order valence-corrected chi connectivity index (χ1v) is 8.07. The van der Waals surface area contributed by atoms with Crippen LogP contribution in [0.4, 0.5) is 0 Å². The molecule has 2 heteroatoms. The van der Waals surface area contributed by atoms with Crippen LogP contribution in [-0.2, 0) is 0 Å². The monoisotopic (exact) mass is 265 g/mol. The zero-order chi connectivity index (χ0) is 13.4. The third-order valence-corrected chi connectivity index (χ3v) is 4.52. The SMILES string of the molecule is CCNC(CSc1ccc(C)cc1)CC(C)CC. The maximum atomic E-state index is 3.61. The van der Waals surface area contributed by atoms with Gasteiger partial charge in [-0.15, -0.1) is 11.8 Å². The van der Waals surface area contributed by atoms with Crippen molar-refractivity contribution in [1.29, 1.82) is 0 Å². The second-order valence-electron chi connectivity index (χ2n) is 5.13. The predicted molar refractivity (Wildman–Crippen MR) is 83.4 cm³/mol. The van der Waals surface area contributed by atoms with E-state index in [9.17, 15) is 0 Å². The molecular formula is C16H27NS. The quantitative estimate of drug-likeness (QED) is 0.694. The summed E-state index contributed by atoms with van der Waals surface area (Å²) in [5.74, 6) is 1.98. The molecule has 0 aliphatic heterocycles. The van der Waals surface area contributed by atoms with Gasteiger partial charge in [-0.1, -0.05) is 44.9 Å². The Balaban J connectivity index is 2.43. The van der Waals surface area contributed by atoms with Crippen LogP contribution in [-0.4, -0.2) is 18.3 Å². The van der Waals surface area contributed by atoms with E-state index in [-0.39, 0.29) is 0 Å². The van der Waals surface area contributed by atoms with Gasteiger partial charge < -0.3 is 5.32 Å². The first-order valence-electron chi connectivity index (χ1n) is 7.08. The topological polar surface area (TPSA) is 12.0 Å². The Kier molecular flexibility index (Phi) is 7.45. The highest BCUT2D eigenvalue weighted by atomic mass is 32.2. The van der Waals surface area contributed by atoms with E-state index in [0.717, 1.165) is 12.5 Å². The van der Waals surface area contributed by atoms with Crippen LogP contribution in [0.2, 0.25) is 0 Å². The Hall–Kier alpha value is -0.470. The largest absolute Gasteiger partial charge is 0.313 e. The number of rotatable bonds is 8. The van der Waals surface area contributed by atoms with Gasteiger partial charge in [-0.25, -0.2) is 0 Å². The lowest BCUT2D eigenvalue weighted by atomic mass is 10.0. The molecule has 0 amide bonds. The molecule has 0 heterocycles. The summed E-state index contributed by atoms with van der Waals surface area (Å²) in [6.45, 7) is 10.0. The maximum Gasteiger partial charge on any atom is 0.0164 e. The fraction of sp³-hybridized carbons (Fsp3) is 0.625. The van der Waals surface area contributed by atoms with Crippen LogP contribution in [0.3, 0.4) is 0 Å². The van der Waals surface area contributed by atoms with Crippen LogP contribution in [0.25, 0.3) is 0 Å². The molecule has 1 rings (SSSR count). The van der Waals surface area contributed by atoms with Crippen LogP contribution in [0.15, 0.2) is 29.2 Å². The average Bonchev–Trinajstić information content (AvgIpc) is 2.38. The third-order valence-electron chi connectivity index (χ3n) is 3.35. The normalized spacial score (nSPS) is 14.4. The summed E-state index contributed by atoms with van der Waals surface area (Å²) >= 11 is 1.97. The van der Waals surface area contributed by atoms with E-state index in [2.05, 4.69) is 57.3 Å². The highest BCUT2D eigenvalue weighted by Crippen LogP contribution is 2.21. The highest BCUT2D eigenvalue weighted by molar-refractivity contribution is 7.99. The van der Waals surface area contributed by atoms with Crippen molar-refractivity contribution in [2.45, 2.75) is 51.5 Å². The van der Waals surface area contributed by atoms with Gasteiger partial charge in [0.25, 0.3) is 0 Å². The number of hydrogen-bond donors (Lipinski definition) is 1. The van der Waals surface area contributed by atoms with E-state index in [1.165, 1.54) is 29.1 Å². The van der Waals surface area contributed by atoms with Gasteiger partial charge in [0.15, 0.2) is 0 Å². The fourth-order valence-electron chi connectivity index (χ4n) is 1.98. The summed E-state index contributed by atoms with van der Waals surface area (Å²) in [5.41, 5.74) is 1.34. The second-order valence-corrected chi connectivity index (χ2v) is 6.22. The Morgan fingerprint density at radius 3 is 2.39 bits per heavy atom. The van der Waals surface area contributed by atoms with Crippen LogP contribution < -0.4 is 5.32 Å². The molecule has 0 aromatic heterocycles. The van der Waals surface area contributed by atoms with Crippen molar-refractivity contribution in [1.82, 2.24) is 5.32 Å². The molecule has 0 spiro atoms. The van der Waals surface area contributed by atoms with Crippen molar-refractivity contribution in [3.05, 3.63) is 29.8 Å². The average molecular weight is 265 g/mol. The lowest BCUT2D eigenvalue weighted by Gasteiger charge is -2.20. The molecule has 1 N–H and O–H groups in total. The molecule has 2 atom stereocenters. The van der Waals surface area contributed by atoms with Crippen LogP contribution in [0.1, 0.15) is 39.2 Å². The zero-order valence-electron chi connectivity index (χ0n) is 12.2. The minimum Gasteiger partial charge on any atom is -0.313 e. The van der Waals surface area contributed by atoms with Crippen molar-refractivity contribution >= 4 is 11.8 Å². The molecule has 1 aromatic carbocycles. The van der Waals surface area contributed by atoms with E-state index in [0.29, 0.717) is 6.04 Å². The summed E-state index contributed by atoms with van der Waals surface area (Å²) in [7, 11) is 0. The van der Waals surface area contributed by atoms with Crippen molar-refractivity contribution in [2.75, 3.05) is 12.3 Å². The van der Waals surface area contributed by atoms with Gasteiger partial charge in [-0.2, -0.15) is 0 Å². The molecule has 0 aliphatic rings. The molecule has 1 aromatic rings. The molecule has 0 radical (unpaired) electrons. The molecule has 1 nitrogen and oxygen atoms in total. The van der Waals surface area contributed by atoms with Crippen LogP contribution >= 0.6 is 11.8 Å². The van der Waals surface area contributed by atoms with Gasteiger partial charge in [0, 0.05) is 16.7 Å². The number of thioether (sulfide) groups is 1. The van der Waals surface area contributed by atoms with E-state index >= 15 is 0 Å². The van der Waals surface area contributed by atoms with Gasteiger partial charge in [0.2, 0.25) is 0 Å². The molecule has 0 aliphatic carbocycles. The number of aryl methyl sites for hydroxylation is 1. The Bertz CT molecular complexity index is 320. The number of benzene rings is 1. The molecule has 18 heavy (non-hydrogen) atoms. The Labute approximate surface area is 117 Å². The number of nitrogens with one attached hydrogen (secondary N) is 1. The molecule has 2 unspecified atom stereocenters. The molecule has 0 fully saturated rings. The third kappa shape index (κ3) is 5.92. The van der Waals surface area contributed by atoms with Crippen molar-refractivity contribution < 1.29 is 0 Å². The van der Waals surface area contributed by atoms with Gasteiger partial charge in [-0.3, -0.25) is 0 Å². The lowest BCUT2D eigenvalue weighted by Crippen LogP contribution is -2.32. The lowest BCUT2D eigenvalue weighted by molar-refractivity contribution is 0.423. The summed E-state index contributed by atoms with van der Waals surface area (Å²) in [4.78, 5) is 1.38. The van der Waals surface area contributed by atoms with Gasteiger partial charge in [0.05, 0.1) is 0 Å². The highest BCUT2D eigenvalue weighted by Gasteiger charge is 2.11.